The number of rotatable bonds is 10. The Morgan fingerprint density at radius 3 is 2.13 bits per heavy atom. The van der Waals surface area contributed by atoms with Crippen LogP contribution in [-0.4, -0.2) is 5.94 Å². The fourth-order valence-electron chi connectivity index (χ4n) is 1.46. The van der Waals surface area contributed by atoms with Crippen LogP contribution in [0.3, 0.4) is 0 Å². The topological polar surface area (TPSA) is 17.1 Å². The number of allylic oxidation sites excluding steroid dienone is 4. The lowest BCUT2D eigenvalue weighted by molar-refractivity contribution is 0.569. The minimum Gasteiger partial charge on any atom is -0.234 e. The average molecular weight is 206 g/mol. The first kappa shape index (κ1) is 13.9. The van der Waals surface area contributed by atoms with Crippen molar-refractivity contribution in [2.45, 2.75) is 51.4 Å². The summed E-state index contributed by atoms with van der Waals surface area (Å²) in [6.07, 6.45) is 17.2. The smallest absolute Gasteiger partial charge is 0.124 e. The van der Waals surface area contributed by atoms with Gasteiger partial charge in [-0.2, -0.15) is 0 Å². The Labute approximate surface area is 93.6 Å². The molecule has 0 atom stereocenters. The van der Waals surface area contributed by atoms with E-state index in [-0.39, 0.29) is 0 Å². The summed E-state index contributed by atoms with van der Waals surface area (Å²) < 4.78 is 0. The van der Waals surface area contributed by atoms with Gasteiger partial charge in [-0.15, -0.1) is 6.58 Å². The van der Waals surface area contributed by atoms with E-state index in [0.29, 0.717) is 0 Å². The van der Waals surface area contributed by atoms with E-state index < -0.39 is 0 Å². The van der Waals surface area contributed by atoms with E-state index in [4.69, 9.17) is 0 Å². The van der Waals surface area contributed by atoms with Crippen LogP contribution < -0.4 is 0 Å². The molecule has 0 aliphatic carbocycles. The molecule has 0 amide bonds. The van der Waals surface area contributed by atoms with Crippen LogP contribution in [0.15, 0.2) is 30.9 Å². The van der Waals surface area contributed by atoms with Crippen molar-refractivity contribution in [1.82, 2.24) is 0 Å². The zero-order chi connectivity index (χ0) is 11.2. The molecule has 0 N–H and O–H groups in total. The van der Waals surface area contributed by atoms with E-state index in [0.717, 1.165) is 12.8 Å². The van der Waals surface area contributed by atoms with E-state index in [2.05, 4.69) is 6.58 Å². The van der Waals surface area contributed by atoms with Crippen molar-refractivity contribution < 1.29 is 4.79 Å². The van der Waals surface area contributed by atoms with Crippen LogP contribution >= 0.6 is 0 Å². The van der Waals surface area contributed by atoms with Crippen LogP contribution in [-0.2, 0) is 4.79 Å². The molecular weight excluding hydrogens is 184 g/mol. The van der Waals surface area contributed by atoms with E-state index in [1.165, 1.54) is 44.6 Å². The minimum atomic E-state index is 1.07. The summed E-state index contributed by atoms with van der Waals surface area (Å²) in [5.41, 5.74) is 0. The van der Waals surface area contributed by atoms with Gasteiger partial charge in [0.25, 0.3) is 0 Å². The van der Waals surface area contributed by atoms with Gasteiger partial charge in [0.2, 0.25) is 0 Å². The van der Waals surface area contributed by atoms with Gasteiger partial charge in [-0.3, -0.25) is 0 Å². The number of hydrogen-bond acceptors (Lipinski definition) is 1. The van der Waals surface area contributed by atoms with Crippen LogP contribution in [0.4, 0.5) is 0 Å². The second-order valence-corrected chi connectivity index (χ2v) is 3.70. The molecule has 0 bridgehead atoms. The van der Waals surface area contributed by atoms with Gasteiger partial charge >= 0.3 is 0 Å². The average Bonchev–Trinajstić information content (AvgIpc) is 2.26. The predicted octanol–water partition coefficient (Wildman–Crippen LogP) is 4.24. The van der Waals surface area contributed by atoms with Crippen molar-refractivity contribution in [3.8, 4) is 0 Å². The molecule has 1 nitrogen and oxygen atoms in total. The maximum atomic E-state index is 9.83. The van der Waals surface area contributed by atoms with Crippen molar-refractivity contribution >= 4 is 5.94 Å². The van der Waals surface area contributed by atoms with Crippen LogP contribution in [0.5, 0.6) is 0 Å². The van der Waals surface area contributed by atoms with Gasteiger partial charge in [0.15, 0.2) is 0 Å². The van der Waals surface area contributed by atoms with Crippen molar-refractivity contribution in [2.75, 3.05) is 0 Å². The first-order valence-electron chi connectivity index (χ1n) is 5.88. The second kappa shape index (κ2) is 12.9. The molecule has 0 aliphatic rings. The summed E-state index contributed by atoms with van der Waals surface area (Å²) in [7, 11) is 0. The Kier molecular flexibility index (Phi) is 12.0. The molecule has 0 radical (unpaired) electrons. The zero-order valence-electron chi connectivity index (χ0n) is 9.58. The highest BCUT2D eigenvalue weighted by Gasteiger charge is 1.89. The normalized spacial score (nSPS) is 10.1. The van der Waals surface area contributed by atoms with E-state index in [9.17, 15) is 4.79 Å². The van der Waals surface area contributed by atoms with Crippen molar-refractivity contribution in [2.24, 2.45) is 0 Å². The molecule has 0 aliphatic heterocycles. The summed E-state index contributed by atoms with van der Waals surface area (Å²) in [5.74, 6) is 1.73. The lowest BCUT2D eigenvalue weighted by atomic mass is 10.1. The first-order valence-corrected chi connectivity index (χ1v) is 5.88. The van der Waals surface area contributed by atoms with Crippen LogP contribution in [0, 0.1) is 0 Å². The molecule has 0 saturated carbocycles. The fourth-order valence-corrected chi connectivity index (χ4v) is 1.46. The molecule has 0 spiro atoms. The maximum absolute atomic E-state index is 9.83. The molecule has 15 heavy (non-hydrogen) atoms. The number of carbonyl (C=O) groups excluding carboxylic acids is 1. The minimum absolute atomic E-state index is 1.07. The number of unbranched alkanes of at least 4 members (excludes halogenated alkanes) is 7. The molecule has 0 heterocycles. The molecule has 0 saturated heterocycles. The molecule has 0 aromatic heterocycles. The zero-order valence-corrected chi connectivity index (χ0v) is 9.58. The van der Waals surface area contributed by atoms with Gasteiger partial charge in [0, 0.05) is 6.08 Å². The third-order valence-electron chi connectivity index (χ3n) is 2.33. The Balaban J connectivity index is 3.04. The van der Waals surface area contributed by atoms with Crippen LogP contribution in [0.25, 0.3) is 0 Å². The van der Waals surface area contributed by atoms with E-state index in [1.54, 1.807) is 12.0 Å². The Morgan fingerprint density at radius 1 is 0.933 bits per heavy atom. The molecule has 84 valence electrons. The lowest BCUT2D eigenvalue weighted by Gasteiger charge is -1.98. The summed E-state index contributed by atoms with van der Waals surface area (Å²) >= 11 is 0. The van der Waals surface area contributed by atoms with Crippen molar-refractivity contribution in [3.63, 3.8) is 0 Å². The molecule has 0 unspecified atom stereocenters. The summed E-state index contributed by atoms with van der Waals surface area (Å²) in [6, 6.07) is 0. The highest BCUT2D eigenvalue weighted by Crippen LogP contribution is 2.08. The second-order valence-electron chi connectivity index (χ2n) is 3.70. The summed E-state index contributed by atoms with van der Waals surface area (Å²) in [4.78, 5) is 9.83. The quantitative estimate of drug-likeness (QED) is 0.226. The first-order chi connectivity index (χ1) is 7.41. The standard InChI is InChI=1S/C14H22O/c1-2-3-4-5-6-7-8-9-10-11-12-13-14-15/h2,11-13H,1,3-10H2. The van der Waals surface area contributed by atoms with Gasteiger partial charge in [0.05, 0.1) is 0 Å². The molecule has 0 aromatic carbocycles. The lowest BCUT2D eigenvalue weighted by Crippen LogP contribution is -1.79. The Morgan fingerprint density at radius 2 is 1.53 bits per heavy atom. The largest absolute Gasteiger partial charge is 0.234 e. The molecule has 0 rings (SSSR count). The van der Waals surface area contributed by atoms with Gasteiger partial charge in [-0.25, -0.2) is 4.79 Å². The van der Waals surface area contributed by atoms with Gasteiger partial charge in [0.1, 0.15) is 5.94 Å². The van der Waals surface area contributed by atoms with Crippen LogP contribution in [0.2, 0.25) is 0 Å². The monoisotopic (exact) mass is 206 g/mol. The summed E-state index contributed by atoms with van der Waals surface area (Å²) in [6.45, 7) is 3.71. The van der Waals surface area contributed by atoms with Gasteiger partial charge < -0.3 is 0 Å². The molecule has 0 aromatic rings. The Bertz CT molecular complexity index is 209. The van der Waals surface area contributed by atoms with Crippen LogP contribution in [0.1, 0.15) is 51.4 Å². The van der Waals surface area contributed by atoms with E-state index >= 15 is 0 Å². The third-order valence-corrected chi connectivity index (χ3v) is 2.33. The van der Waals surface area contributed by atoms with Gasteiger partial charge in [-0.1, -0.05) is 43.9 Å². The molecule has 0 fully saturated rings. The third kappa shape index (κ3) is 12.9. The molecule has 1 heteroatoms. The number of hydrogen-bond donors (Lipinski definition) is 0. The predicted molar refractivity (Wildman–Crippen MR) is 66.5 cm³/mol. The SMILES string of the molecule is C=CCCCCCCCCC=CC=C=O. The highest BCUT2D eigenvalue weighted by molar-refractivity contribution is 5.48. The van der Waals surface area contributed by atoms with E-state index in [1.807, 2.05) is 12.2 Å². The van der Waals surface area contributed by atoms with Crippen molar-refractivity contribution in [3.05, 3.63) is 30.9 Å². The molecular formula is C14H22O. The van der Waals surface area contributed by atoms with Crippen molar-refractivity contribution in [1.29, 1.82) is 0 Å². The highest BCUT2D eigenvalue weighted by atomic mass is 16.1. The van der Waals surface area contributed by atoms with Gasteiger partial charge in [-0.05, 0) is 25.7 Å². The summed E-state index contributed by atoms with van der Waals surface area (Å²) in [5, 5.41) is 0. The Hall–Kier alpha value is -1.07. The maximum Gasteiger partial charge on any atom is 0.124 e. The fraction of sp³-hybridized carbons (Fsp3) is 0.571.